The number of hydrogen-bond donors (Lipinski definition) is 3. The largest absolute Gasteiger partial charge is 0.478 e. The van der Waals surface area contributed by atoms with E-state index in [1.54, 1.807) is 18.2 Å². The van der Waals surface area contributed by atoms with Gasteiger partial charge in [-0.3, -0.25) is 20.4 Å². The molecule has 0 aromatic heterocycles. The van der Waals surface area contributed by atoms with Crippen molar-refractivity contribution in [3.05, 3.63) is 106 Å². The number of nitrogens with one attached hydrogen (secondary N) is 2. The average molecular weight is 545 g/mol. The Balaban J connectivity index is 1.87. The molecule has 0 aliphatic heterocycles. The first-order valence-electron chi connectivity index (χ1n) is 10.5. The van der Waals surface area contributed by atoms with Crippen LogP contribution in [0.2, 0.25) is 10.0 Å². The van der Waals surface area contributed by atoms with Crippen molar-refractivity contribution in [2.24, 2.45) is 0 Å². The highest BCUT2D eigenvalue weighted by Gasteiger charge is 2.41. The van der Waals surface area contributed by atoms with Crippen molar-refractivity contribution in [3.63, 3.8) is 0 Å². The van der Waals surface area contributed by atoms with Gasteiger partial charge in [0.15, 0.2) is 0 Å². The molecule has 0 saturated heterocycles. The summed E-state index contributed by atoms with van der Waals surface area (Å²) in [6.45, 7) is 0. The minimum absolute atomic E-state index is 0.0380. The number of carbonyl (C=O) groups is 5. The number of carboxylic acid groups (broad SMARTS) is 1. The number of hydrogen-bond acceptors (Lipinski definition) is 7. The van der Waals surface area contributed by atoms with Crippen LogP contribution in [0.1, 0.15) is 31.1 Å². The summed E-state index contributed by atoms with van der Waals surface area (Å²) in [4.78, 5) is 62.7. The van der Waals surface area contributed by atoms with E-state index >= 15 is 0 Å². The molecule has 2 atom stereocenters. The monoisotopic (exact) mass is 544 g/mol. The number of amides is 2. The van der Waals surface area contributed by atoms with Crippen LogP contribution in [0.5, 0.6) is 0 Å². The number of esters is 2. The van der Waals surface area contributed by atoms with Crippen LogP contribution in [-0.4, -0.2) is 47.0 Å². The smallest absolute Gasteiger partial charge is 0.349 e. The molecule has 10 nitrogen and oxygen atoms in total. The molecule has 3 rings (SSSR count). The molecule has 3 aromatic rings. The zero-order chi connectivity index (χ0) is 26.9. The summed E-state index contributed by atoms with van der Waals surface area (Å²) >= 11 is 12.0. The van der Waals surface area contributed by atoms with E-state index < -0.39 is 41.9 Å². The first kappa shape index (κ1) is 27.2. The van der Waals surface area contributed by atoms with Crippen molar-refractivity contribution in [1.29, 1.82) is 0 Å². The third-order valence-electron chi connectivity index (χ3n) is 4.77. The third-order valence-corrected chi connectivity index (χ3v) is 5.43. The van der Waals surface area contributed by atoms with Crippen molar-refractivity contribution in [2.45, 2.75) is 12.2 Å². The molecule has 190 valence electrons. The Morgan fingerprint density at radius 1 is 0.649 bits per heavy atom. The Bertz CT molecular complexity index is 1330. The van der Waals surface area contributed by atoms with Gasteiger partial charge in [0.1, 0.15) is 0 Å². The van der Waals surface area contributed by atoms with Crippen molar-refractivity contribution in [2.75, 3.05) is 0 Å². The van der Waals surface area contributed by atoms with Gasteiger partial charge in [0.05, 0.1) is 21.2 Å². The standard InChI is InChI=1S/C25H18Cl2N2O8/c26-17-12-6-4-10-15(17)24(34)36-19(22(31)29-28-21(30)14-8-2-1-3-9-14)20(23(32)33)37-25(35)16-11-5-7-13-18(16)27/h1-13,19-20H,(H,28,30)(H,29,31)(H,32,33)/t19-,20-/m0/s1. The van der Waals surface area contributed by atoms with Gasteiger partial charge in [0.2, 0.25) is 12.2 Å². The molecule has 0 fully saturated rings. The number of halogens is 2. The molecular formula is C25H18Cl2N2O8. The number of benzene rings is 3. The summed E-state index contributed by atoms with van der Waals surface area (Å²) < 4.78 is 10.1. The molecule has 0 spiro atoms. The van der Waals surface area contributed by atoms with Gasteiger partial charge in [0.25, 0.3) is 11.8 Å². The zero-order valence-corrected chi connectivity index (χ0v) is 20.2. The third kappa shape index (κ3) is 7.06. The highest BCUT2D eigenvalue weighted by molar-refractivity contribution is 6.34. The molecular weight excluding hydrogens is 527 g/mol. The normalized spacial score (nSPS) is 11.9. The summed E-state index contributed by atoms with van der Waals surface area (Å²) in [5.41, 5.74) is 3.86. The minimum atomic E-state index is -2.33. The van der Waals surface area contributed by atoms with Gasteiger partial charge in [-0.1, -0.05) is 65.7 Å². The second kappa shape index (κ2) is 12.5. The molecule has 0 radical (unpaired) electrons. The lowest BCUT2D eigenvalue weighted by atomic mass is 10.1. The van der Waals surface area contributed by atoms with E-state index in [-0.39, 0.29) is 26.7 Å². The number of carbonyl (C=O) groups excluding carboxylic acids is 4. The van der Waals surface area contributed by atoms with Crippen LogP contribution >= 0.6 is 23.2 Å². The van der Waals surface area contributed by atoms with E-state index in [1.165, 1.54) is 60.7 Å². The van der Waals surface area contributed by atoms with E-state index in [9.17, 15) is 29.1 Å². The van der Waals surface area contributed by atoms with Gasteiger partial charge in [-0.25, -0.2) is 14.4 Å². The quantitative estimate of drug-likeness (QED) is 0.289. The number of aliphatic carboxylic acids is 1. The van der Waals surface area contributed by atoms with Gasteiger partial charge in [-0.2, -0.15) is 0 Å². The maximum Gasteiger partial charge on any atom is 0.349 e. The summed E-state index contributed by atoms with van der Waals surface area (Å²) in [6, 6.07) is 19.0. The molecule has 37 heavy (non-hydrogen) atoms. The second-order valence-corrected chi connectivity index (χ2v) is 8.07. The first-order chi connectivity index (χ1) is 17.7. The molecule has 0 aliphatic rings. The van der Waals surface area contributed by atoms with Gasteiger partial charge in [-0.15, -0.1) is 0 Å². The van der Waals surface area contributed by atoms with E-state index in [1.807, 2.05) is 5.43 Å². The Labute approximate surface area is 220 Å². The van der Waals surface area contributed by atoms with E-state index in [4.69, 9.17) is 32.7 Å². The van der Waals surface area contributed by atoms with Crippen LogP contribution in [0.15, 0.2) is 78.9 Å². The lowest BCUT2D eigenvalue weighted by Crippen LogP contribution is -2.54. The maximum absolute atomic E-state index is 12.9. The lowest BCUT2D eigenvalue weighted by Gasteiger charge is -2.24. The van der Waals surface area contributed by atoms with Crippen LogP contribution in [-0.2, 0) is 19.1 Å². The number of ether oxygens (including phenoxy) is 2. The molecule has 2 amide bonds. The van der Waals surface area contributed by atoms with E-state index in [0.29, 0.717) is 0 Å². The van der Waals surface area contributed by atoms with Crippen LogP contribution in [0, 0.1) is 0 Å². The molecule has 0 aliphatic carbocycles. The average Bonchev–Trinajstić information content (AvgIpc) is 2.89. The fraction of sp³-hybridized carbons (Fsp3) is 0.0800. The molecule has 0 bridgehead atoms. The van der Waals surface area contributed by atoms with Crippen LogP contribution in [0.4, 0.5) is 0 Å². The maximum atomic E-state index is 12.9. The topological polar surface area (TPSA) is 148 Å². The number of hydrazine groups is 1. The SMILES string of the molecule is O=C(NNC(=O)[C@@H](OC(=O)c1ccccc1Cl)[C@H](OC(=O)c1ccccc1Cl)C(=O)O)c1ccccc1. The van der Waals surface area contributed by atoms with Crippen LogP contribution in [0.3, 0.4) is 0 Å². The first-order valence-corrected chi connectivity index (χ1v) is 11.2. The Morgan fingerprint density at radius 2 is 1.11 bits per heavy atom. The van der Waals surface area contributed by atoms with Gasteiger partial charge >= 0.3 is 17.9 Å². The van der Waals surface area contributed by atoms with Gasteiger partial charge in [0, 0.05) is 5.56 Å². The fourth-order valence-electron chi connectivity index (χ4n) is 2.96. The second-order valence-electron chi connectivity index (χ2n) is 7.26. The van der Waals surface area contributed by atoms with E-state index in [2.05, 4.69) is 5.43 Å². The molecule has 3 aromatic carbocycles. The molecule has 0 heterocycles. The molecule has 3 N–H and O–H groups in total. The molecule has 12 heteroatoms. The van der Waals surface area contributed by atoms with Gasteiger partial charge in [-0.05, 0) is 36.4 Å². The van der Waals surface area contributed by atoms with Crippen molar-refractivity contribution in [1.82, 2.24) is 10.9 Å². The minimum Gasteiger partial charge on any atom is -0.478 e. The lowest BCUT2D eigenvalue weighted by molar-refractivity contribution is -0.159. The number of carboxylic acids is 1. The molecule has 0 saturated carbocycles. The predicted octanol–water partition coefficient (Wildman–Crippen LogP) is 3.29. The van der Waals surface area contributed by atoms with Crippen molar-refractivity contribution < 1.29 is 38.6 Å². The van der Waals surface area contributed by atoms with Crippen LogP contribution < -0.4 is 10.9 Å². The van der Waals surface area contributed by atoms with Crippen molar-refractivity contribution >= 4 is 52.9 Å². The van der Waals surface area contributed by atoms with E-state index in [0.717, 1.165) is 0 Å². The van der Waals surface area contributed by atoms with Crippen LogP contribution in [0.25, 0.3) is 0 Å². The fourth-order valence-corrected chi connectivity index (χ4v) is 3.38. The number of rotatable bonds is 8. The summed E-state index contributed by atoms with van der Waals surface area (Å²) in [5, 5.41) is 9.68. The Hall–Kier alpha value is -4.41. The van der Waals surface area contributed by atoms with Crippen molar-refractivity contribution in [3.8, 4) is 0 Å². The van der Waals surface area contributed by atoms with Gasteiger partial charge < -0.3 is 14.6 Å². The highest BCUT2D eigenvalue weighted by atomic mass is 35.5. The zero-order valence-electron chi connectivity index (χ0n) is 18.7. The Morgan fingerprint density at radius 3 is 1.59 bits per heavy atom. The Kier molecular flexibility index (Phi) is 9.20. The predicted molar refractivity (Wildman–Crippen MR) is 131 cm³/mol. The highest BCUT2D eigenvalue weighted by Crippen LogP contribution is 2.20. The summed E-state index contributed by atoms with van der Waals surface area (Å²) in [6.07, 6.45) is -4.58. The summed E-state index contributed by atoms with van der Waals surface area (Å²) in [7, 11) is 0. The molecule has 0 unspecified atom stereocenters. The summed E-state index contributed by atoms with van der Waals surface area (Å²) in [5.74, 6) is -6.24.